The quantitative estimate of drug-likeness (QED) is 0.0148. The highest BCUT2D eigenvalue weighted by atomic mass is 16.5. The van der Waals surface area contributed by atoms with Crippen molar-refractivity contribution in [3.05, 3.63) is 120 Å². The number of nitrogens with one attached hydrogen (secondary N) is 13. The predicted molar refractivity (Wildman–Crippen MR) is 378 cm³/mol. The molecule has 2 aromatic heterocycles. The number of aliphatic hydroxyl groups is 2. The minimum absolute atomic E-state index is 0.0973. The van der Waals surface area contributed by atoms with Crippen molar-refractivity contribution in [2.24, 2.45) is 5.73 Å². The molecule has 1 aliphatic heterocycles. The Bertz CT molecular complexity index is 4290. The molecule has 3 aromatic carbocycles. The van der Waals surface area contributed by atoms with Crippen molar-refractivity contribution in [3.8, 4) is 5.75 Å². The number of unbranched alkanes of at least 4 members (excludes halogenated alkanes) is 5. The zero-order valence-corrected chi connectivity index (χ0v) is 58.6. The Hall–Kier alpha value is -13.1. The molecule has 11 atom stereocenters. The number of hydrogen-bond acceptors (Lipinski definition) is 21. The maximum atomic E-state index is 15.3. The number of esters is 1. The SMILES string of the molecule is CCCCCCC/C=C/C(=O)N[C@@H](CO)C(=O)N[C@@H]1C(=O)N[C@H](Cc2c[nH]c3ccccc23)C(=O)N[C@@H](CC(=O)O)C(=O)N[C@@H](CC(=O)O)C(=O)N[C@H](c2ccc(O)cc2)C(=O)N[C@@H](CC(=O)O)C(=O)NCC(=O)N[C@H]([C@H](O)C(N)=O)C(=O)N[C@H](CCC(=O)O)C(=O)N/C(=C\c2c[nH]c3ccccc23)C(=O)O[C@@H]1C. The van der Waals surface area contributed by atoms with E-state index in [2.05, 4.69) is 47.2 Å². The second-order valence-corrected chi connectivity index (χ2v) is 25.0. The summed E-state index contributed by atoms with van der Waals surface area (Å²) in [5, 5.41) is 96.0. The van der Waals surface area contributed by atoms with Crippen LogP contribution in [0, 0.1) is 0 Å². The van der Waals surface area contributed by atoms with Gasteiger partial charge in [0, 0.05) is 52.6 Å². The van der Waals surface area contributed by atoms with Gasteiger partial charge < -0.3 is 115 Å². The van der Waals surface area contributed by atoms with Gasteiger partial charge in [-0.3, -0.25) is 76.7 Å². The van der Waals surface area contributed by atoms with E-state index in [4.69, 9.17) is 10.5 Å². The van der Waals surface area contributed by atoms with Crippen LogP contribution in [0.2, 0.25) is 0 Å². The van der Waals surface area contributed by atoms with E-state index in [9.17, 15) is 108 Å². The molecule has 39 nitrogen and oxygen atoms in total. The van der Waals surface area contributed by atoms with Gasteiger partial charge in [-0.2, -0.15) is 0 Å². The van der Waals surface area contributed by atoms with Crippen molar-refractivity contribution in [3.63, 3.8) is 0 Å². The number of H-pyrrole nitrogens is 2. The number of carboxylic acids is 4. The fourth-order valence-corrected chi connectivity index (χ4v) is 11.1. The standard InChI is InChI=1S/C70H84N14O25/c1-3-4-5-6-7-8-9-18-50(87)75-49(33-85)66(104)83-56-34(2)109-70(108)48(26-37-31-73-42-17-13-11-15-40(37)42)81-62(100)43(23-24-52(89)90)76-69(107)58(59(97)60(71)98)82-51(88)32-74-61(99)45(27-53(91)92)80-68(106)57(35-19-21-38(86)22-20-35)84-65(103)47(29-55(95)96)78-64(102)46(28-54(93)94)77-63(101)44(79-67(56)105)25-36-30-72-41-16-12-10-14-39(36)41/h9-22,26,30-31,34,43-47,49,56-59,72-73,85-86,97H,3-8,23-25,27-29,32-33H2,1-2H3,(H2,71,98)(H,74,99)(H,75,87)(H,76,107)(H,77,101)(H,78,102)(H,79,105)(H,80,106)(H,81,100)(H,82,88)(H,83,104)(H,84,103)(H,89,90)(H,91,92)(H,93,94)(H,95,96)/b18-9+,48-26-/t34-,43-,44-,45+,46+,47+,49+,56+,57-,58-,59+/m1/s1. The van der Waals surface area contributed by atoms with E-state index in [0.29, 0.717) is 34.6 Å². The number of carbonyl (C=O) groups is 17. The molecule has 0 aliphatic carbocycles. The molecule has 39 heteroatoms. The Morgan fingerprint density at radius 3 is 1.77 bits per heavy atom. The summed E-state index contributed by atoms with van der Waals surface area (Å²) in [6, 6.07) is -3.36. The Balaban J connectivity index is 1.53. The van der Waals surface area contributed by atoms with Crippen LogP contribution in [0.15, 0.2) is 103 Å². The van der Waals surface area contributed by atoms with Crippen LogP contribution in [-0.2, 0) is 92.7 Å². The number of fused-ring (bicyclic) bond motifs is 2. The molecule has 0 unspecified atom stereocenters. The van der Waals surface area contributed by atoms with Gasteiger partial charge in [0.1, 0.15) is 71.9 Å². The summed E-state index contributed by atoms with van der Waals surface area (Å²) in [5.41, 5.74) is 5.34. The van der Waals surface area contributed by atoms with E-state index in [-0.39, 0.29) is 16.7 Å². The lowest BCUT2D eigenvalue weighted by molar-refractivity contribution is -0.150. The number of phenolic OH excluding ortho intramolecular Hbond substituents is 1. The Kier molecular flexibility index (Phi) is 31.9. The number of allylic oxidation sites excluding steroid dienone is 1. The number of carboxylic acid groups (broad SMARTS) is 4. The van der Waals surface area contributed by atoms with Gasteiger partial charge in [0.2, 0.25) is 70.9 Å². The lowest BCUT2D eigenvalue weighted by Gasteiger charge is -2.29. The lowest BCUT2D eigenvalue weighted by Crippen LogP contribution is -2.62. The Morgan fingerprint density at radius 2 is 1.17 bits per heavy atom. The number of amides is 12. The van der Waals surface area contributed by atoms with E-state index >= 15 is 9.59 Å². The molecule has 1 fully saturated rings. The number of aliphatic hydroxyl groups excluding tert-OH is 2. The molecular formula is C70H84N14O25. The monoisotopic (exact) mass is 1520 g/mol. The van der Waals surface area contributed by atoms with Crippen LogP contribution in [0.1, 0.15) is 107 Å². The molecule has 1 aliphatic rings. The van der Waals surface area contributed by atoms with Crippen LogP contribution in [0.5, 0.6) is 5.75 Å². The molecule has 584 valence electrons. The van der Waals surface area contributed by atoms with Gasteiger partial charge in [0.05, 0.1) is 32.4 Å². The molecule has 12 amide bonds. The van der Waals surface area contributed by atoms with Gasteiger partial charge in [-0.25, -0.2) is 4.79 Å². The highest BCUT2D eigenvalue weighted by Gasteiger charge is 2.41. The number of para-hydroxylation sites is 2. The maximum absolute atomic E-state index is 15.3. The van der Waals surface area contributed by atoms with Crippen LogP contribution in [0.3, 0.4) is 0 Å². The number of nitrogens with two attached hydrogens (primary N) is 1. The molecule has 0 saturated carbocycles. The molecular weight excluding hydrogens is 1440 g/mol. The van der Waals surface area contributed by atoms with Crippen LogP contribution >= 0.6 is 0 Å². The zero-order valence-electron chi connectivity index (χ0n) is 58.6. The number of ether oxygens (including phenoxy) is 1. The molecule has 6 rings (SSSR count). The van der Waals surface area contributed by atoms with Gasteiger partial charge in [-0.05, 0) is 73.7 Å². The number of carbonyl (C=O) groups excluding carboxylic acids is 13. The van der Waals surface area contributed by atoms with Gasteiger partial charge in [-0.15, -0.1) is 0 Å². The normalized spacial score (nSPS) is 21.8. The van der Waals surface area contributed by atoms with Crippen molar-refractivity contribution in [1.29, 1.82) is 0 Å². The molecule has 22 N–H and O–H groups in total. The van der Waals surface area contributed by atoms with Crippen molar-refractivity contribution >= 4 is 129 Å². The summed E-state index contributed by atoms with van der Waals surface area (Å²) in [5.74, 6) is -26.9. The highest BCUT2D eigenvalue weighted by molar-refractivity contribution is 6.05. The second kappa shape index (κ2) is 41.0. The molecule has 5 aromatic rings. The summed E-state index contributed by atoms with van der Waals surface area (Å²) >= 11 is 0. The minimum Gasteiger partial charge on any atom is -0.508 e. The van der Waals surface area contributed by atoms with Crippen LogP contribution < -0.4 is 64.2 Å². The number of phenols is 1. The fraction of sp³-hybridized carbons (Fsp3) is 0.386. The summed E-state index contributed by atoms with van der Waals surface area (Å²) in [4.78, 5) is 241. The van der Waals surface area contributed by atoms with Gasteiger partial charge in [-0.1, -0.05) is 87.2 Å². The first kappa shape index (κ1) is 84.9. The number of rotatable bonds is 26. The minimum atomic E-state index is -2.73. The van der Waals surface area contributed by atoms with Crippen LogP contribution in [0.25, 0.3) is 27.9 Å². The first-order valence-electron chi connectivity index (χ1n) is 34.0. The summed E-state index contributed by atoms with van der Waals surface area (Å²) < 4.78 is 5.85. The summed E-state index contributed by atoms with van der Waals surface area (Å²) in [6.07, 6.45) is -0.155. The summed E-state index contributed by atoms with van der Waals surface area (Å²) in [6.45, 7) is 0.547. The van der Waals surface area contributed by atoms with Crippen molar-refractivity contribution < 1.29 is 122 Å². The van der Waals surface area contributed by atoms with E-state index in [1.165, 1.54) is 18.5 Å². The average molecular weight is 1520 g/mol. The van der Waals surface area contributed by atoms with Crippen molar-refractivity contribution in [2.75, 3.05) is 13.2 Å². The average Bonchev–Trinajstić information content (AvgIpc) is 1.75. The number of primary amides is 1. The van der Waals surface area contributed by atoms with E-state index < -0.39 is 230 Å². The number of aromatic nitrogens is 2. The van der Waals surface area contributed by atoms with Crippen molar-refractivity contribution in [1.82, 2.24) is 68.5 Å². The third-order valence-corrected chi connectivity index (χ3v) is 16.8. The third kappa shape index (κ3) is 25.9. The second-order valence-electron chi connectivity index (χ2n) is 25.0. The third-order valence-electron chi connectivity index (χ3n) is 16.8. The fourth-order valence-electron chi connectivity index (χ4n) is 11.1. The number of aromatic hydroxyl groups is 1. The number of benzene rings is 3. The van der Waals surface area contributed by atoms with E-state index in [1.54, 1.807) is 48.5 Å². The Labute approximate surface area is 618 Å². The number of aliphatic carboxylic acids is 4. The van der Waals surface area contributed by atoms with Gasteiger partial charge >= 0.3 is 29.8 Å². The molecule has 0 radical (unpaired) electrons. The molecule has 0 bridgehead atoms. The lowest BCUT2D eigenvalue weighted by atomic mass is 10.0. The first-order valence-corrected chi connectivity index (χ1v) is 34.0. The number of hydrogen-bond donors (Lipinski definition) is 21. The largest absolute Gasteiger partial charge is 0.508 e. The van der Waals surface area contributed by atoms with Crippen LogP contribution in [0.4, 0.5) is 0 Å². The zero-order chi connectivity index (χ0) is 80.2. The van der Waals surface area contributed by atoms with Crippen LogP contribution in [-0.4, -0.2) is 220 Å². The summed E-state index contributed by atoms with van der Waals surface area (Å²) in [7, 11) is 0. The Morgan fingerprint density at radius 1 is 0.615 bits per heavy atom. The smallest absolute Gasteiger partial charge is 0.355 e. The predicted octanol–water partition coefficient (Wildman–Crippen LogP) is -3.10. The molecule has 3 heterocycles. The van der Waals surface area contributed by atoms with Gasteiger partial charge in [0.25, 0.3) is 0 Å². The van der Waals surface area contributed by atoms with Crippen molar-refractivity contribution in [2.45, 2.75) is 157 Å². The van der Waals surface area contributed by atoms with E-state index in [0.717, 1.165) is 69.0 Å². The topological polar surface area (TPSA) is 631 Å². The van der Waals surface area contributed by atoms with Gasteiger partial charge in [0.15, 0.2) is 6.10 Å². The maximum Gasteiger partial charge on any atom is 0.355 e. The van der Waals surface area contributed by atoms with E-state index in [1.807, 2.05) is 28.2 Å². The first-order chi connectivity index (χ1) is 51.8. The highest BCUT2D eigenvalue weighted by Crippen LogP contribution is 2.24. The molecule has 109 heavy (non-hydrogen) atoms. The number of aromatic amines is 2. The molecule has 0 spiro atoms. The number of cyclic esters (lactones) is 1. The molecule has 1 saturated heterocycles.